The molecule has 2 rings (SSSR count). The van der Waals surface area contributed by atoms with E-state index in [4.69, 9.17) is 11.6 Å². The Labute approximate surface area is 121 Å². The van der Waals surface area contributed by atoms with Crippen LogP contribution in [0, 0.1) is 10.1 Å². The van der Waals surface area contributed by atoms with Crippen molar-refractivity contribution in [2.24, 2.45) is 0 Å². The molecule has 0 saturated carbocycles. The molecule has 0 aromatic heterocycles. The van der Waals surface area contributed by atoms with Crippen LogP contribution in [-0.4, -0.2) is 43.8 Å². The van der Waals surface area contributed by atoms with Gasteiger partial charge >= 0.3 is 10.2 Å². The Morgan fingerprint density at radius 2 is 2.00 bits per heavy atom. The summed E-state index contributed by atoms with van der Waals surface area (Å²) < 4.78 is 27.8. The van der Waals surface area contributed by atoms with Crippen molar-refractivity contribution in [1.29, 1.82) is 0 Å². The smallest absolute Gasteiger partial charge is 0.301 e. The molecule has 8 nitrogen and oxygen atoms in total. The van der Waals surface area contributed by atoms with Gasteiger partial charge in [0.15, 0.2) is 0 Å². The first-order valence-electron chi connectivity index (χ1n) is 5.83. The van der Waals surface area contributed by atoms with Crippen molar-refractivity contribution >= 4 is 33.2 Å². The van der Waals surface area contributed by atoms with Crippen molar-refractivity contribution < 1.29 is 13.3 Å². The van der Waals surface area contributed by atoms with Gasteiger partial charge in [-0.05, 0) is 6.07 Å². The maximum absolute atomic E-state index is 12.1. The largest absolute Gasteiger partial charge is 0.314 e. The monoisotopic (exact) mass is 320 g/mol. The molecule has 0 aliphatic carbocycles. The summed E-state index contributed by atoms with van der Waals surface area (Å²) in [4.78, 5) is 10.1. The molecule has 20 heavy (non-hydrogen) atoms. The van der Waals surface area contributed by atoms with E-state index in [1.54, 1.807) is 0 Å². The second-order valence-electron chi connectivity index (χ2n) is 4.18. The number of nitrogens with zero attached hydrogens (tertiary/aromatic N) is 2. The zero-order valence-electron chi connectivity index (χ0n) is 10.4. The van der Waals surface area contributed by atoms with Gasteiger partial charge in [0.05, 0.1) is 15.6 Å². The van der Waals surface area contributed by atoms with Crippen LogP contribution in [0.15, 0.2) is 18.2 Å². The number of halogens is 1. The molecule has 0 amide bonds. The van der Waals surface area contributed by atoms with Gasteiger partial charge in [-0.25, -0.2) is 0 Å². The maximum Gasteiger partial charge on any atom is 0.301 e. The third-order valence-corrected chi connectivity index (χ3v) is 4.67. The fourth-order valence-electron chi connectivity index (χ4n) is 1.79. The van der Waals surface area contributed by atoms with E-state index in [9.17, 15) is 18.5 Å². The highest BCUT2D eigenvalue weighted by atomic mass is 35.5. The van der Waals surface area contributed by atoms with Gasteiger partial charge in [-0.1, -0.05) is 11.6 Å². The van der Waals surface area contributed by atoms with Gasteiger partial charge in [-0.2, -0.15) is 12.7 Å². The minimum atomic E-state index is -3.77. The Morgan fingerprint density at radius 3 is 2.60 bits per heavy atom. The molecule has 1 aromatic rings. The van der Waals surface area contributed by atoms with E-state index in [0.717, 1.165) is 6.07 Å². The van der Waals surface area contributed by atoms with E-state index in [2.05, 4.69) is 10.0 Å². The molecule has 0 bridgehead atoms. The van der Waals surface area contributed by atoms with Gasteiger partial charge in [-0.3, -0.25) is 14.8 Å². The van der Waals surface area contributed by atoms with Gasteiger partial charge in [0.25, 0.3) is 5.69 Å². The lowest BCUT2D eigenvalue weighted by Gasteiger charge is -2.27. The van der Waals surface area contributed by atoms with Crippen LogP contribution in [0.1, 0.15) is 0 Å². The summed E-state index contributed by atoms with van der Waals surface area (Å²) in [5, 5.41) is 13.8. The first kappa shape index (κ1) is 15.0. The van der Waals surface area contributed by atoms with Crippen LogP contribution in [0.5, 0.6) is 0 Å². The molecule has 1 fully saturated rings. The van der Waals surface area contributed by atoms with E-state index in [-0.39, 0.29) is 16.4 Å². The topological polar surface area (TPSA) is 105 Å². The number of benzene rings is 1. The normalized spacial score (nSPS) is 16.9. The third-order valence-electron chi connectivity index (χ3n) is 2.82. The van der Waals surface area contributed by atoms with E-state index >= 15 is 0 Å². The second-order valence-corrected chi connectivity index (χ2v) is 6.26. The highest BCUT2D eigenvalue weighted by molar-refractivity contribution is 7.90. The molecule has 110 valence electrons. The molecule has 1 aromatic carbocycles. The van der Waals surface area contributed by atoms with Gasteiger partial charge in [0, 0.05) is 38.3 Å². The first-order chi connectivity index (χ1) is 9.40. The summed E-state index contributed by atoms with van der Waals surface area (Å²) in [7, 11) is -3.77. The summed E-state index contributed by atoms with van der Waals surface area (Å²) in [6, 6.07) is 3.60. The molecule has 0 atom stereocenters. The average molecular weight is 321 g/mol. The Kier molecular flexibility index (Phi) is 4.43. The predicted molar refractivity (Wildman–Crippen MR) is 75.1 cm³/mol. The van der Waals surface area contributed by atoms with Crippen molar-refractivity contribution in [2.45, 2.75) is 0 Å². The Bertz CT molecular complexity index is 616. The lowest BCUT2D eigenvalue weighted by molar-refractivity contribution is -0.384. The molecule has 1 aliphatic heterocycles. The van der Waals surface area contributed by atoms with Crippen LogP contribution in [-0.2, 0) is 10.2 Å². The lowest BCUT2D eigenvalue weighted by atomic mass is 10.3. The van der Waals surface area contributed by atoms with Gasteiger partial charge < -0.3 is 5.32 Å². The van der Waals surface area contributed by atoms with Crippen molar-refractivity contribution in [3.8, 4) is 0 Å². The zero-order valence-corrected chi connectivity index (χ0v) is 11.9. The fraction of sp³-hybridized carbons (Fsp3) is 0.400. The SMILES string of the molecule is O=[N+]([O-])c1ccc(Cl)c(NS(=O)(=O)N2CCNCC2)c1. The minimum Gasteiger partial charge on any atom is -0.314 e. The quantitative estimate of drug-likeness (QED) is 0.631. The second kappa shape index (κ2) is 5.92. The highest BCUT2D eigenvalue weighted by Gasteiger charge is 2.25. The molecule has 0 unspecified atom stereocenters. The highest BCUT2D eigenvalue weighted by Crippen LogP contribution is 2.28. The van der Waals surface area contributed by atoms with Crippen LogP contribution in [0.3, 0.4) is 0 Å². The van der Waals surface area contributed by atoms with E-state index in [1.165, 1.54) is 16.4 Å². The summed E-state index contributed by atoms with van der Waals surface area (Å²) in [5.74, 6) is 0. The fourth-order valence-corrected chi connectivity index (χ4v) is 3.25. The summed E-state index contributed by atoms with van der Waals surface area (Å²) in [6.07, 6.45) is 0. The number of nitrogens with one attached hydrogen (secondary N) is 2. The molecule has 1 heterocycles. The summed E-state index contributed by atoms with van der Waals surface area (Å²) in [5.41, 5.74) is -0.230. The van der Waals surface area contributed by atoms with Gasteiger partial charge in [0.2, 0.25) is 0 Å². The van der Waals surface area contributed by atoms with Gasteiger partial charge in [-0.15, -0.1) is 0 Å². The summed E-state index contributed by atoms with van der Waals surface area (Å²) >= 11 is 5.87. The molecule has 2 N–H and O–H groups in total. The zero-order chi connectivity index (χ0) is 14.8. The Morgan fingerprint density at radius 1 is 1.35 bits per heavy atom. The Balaban J connectivity index is 2.24. The Hall–Kier alpha value is -1.42. The number of anilines is 1. The van der Waals surface area contributed by atoms with Gasteiger partial charge in [0.1, 0.15) is 0 Å². The maximum atomic E-state index is 12.1. The van der Waals surface area contributed by atoms with E-state index in [1.807, 2.05) is 0 Å². The summed E-state index contributed by atoms with van der Waals surface area (Å²) in [6.45, 7) is 1.79. The van der Waals surface area contributed by atoms with Crippen LogP contribution >= 0.6 is 11.6 Å². The molecule has 1 saturated heterocycles. The van der Waals surface area contributed by atoms with E-state index in [0.29, 0.717) is 26.2 Å². The first-order valence-corrected chi connectivity index (χ1v) is 7.64. The van der Waals surface area contributed by atoms with Crippen molar-refractivity contribution in [3.63, 3.8) is 0 Å². The molecular formula is C10H13ClN4O4S. The van der Waals surface area contributed by atoms with Crippen LogP contribution in [0.4, 0.5) is 11.4 Å². The minimum absolute atomic E-state index is 0.000556. The number of piperazine rings is 1. The molecule has 10 heteroatoms. The number of hydrogen-bond donors (Lipinski definition) is 2. The van der Waals surface area contributed by atoms with Crippen LogP contribution in [0.2, 0.25) is 5.02 Å². The molecule has 0 radical (unpaired) electrons. The number of hydrogen-bond acceptors (Lipinski definition) is 5. The molecule has 0 spiro atoms. The number of nitro benzene ring substituents is 1. The van der Waals surface area contributed by atoms with Crippen molar-refractivity contribution in [2.75, 3.05) is 30.9 Å². The van der Waals surface area contributed by atoms with Crippen molar-refractivity contribution in [1.82, 2.24) is 9.62 Å². The third kappa shape index (κ3) is 3.37. The predicted octanol–water partition coefficient (Wildman–Crippen LogP) is 0.810. The van der Waals surface area contributed by atoms with Crippen LogP contribution < -0.4 is 10.0 Å². The average Bonchev–Trinajstić information content (AvgIpc) is 2.42. The number of nitro groups is 1. The van der Waals surface area contributed by atoms with Crippen LogP contribution in [0.25, 0.3) is 0 Å². The number of rotatable bonds is 4. The van der Waals surface area contributed by atoms with Crippen molar-refractivity contribution in [3.05, 3.63) is 33.3 Å². The number of non-ortho nitro benzene ring substituents is 1. The molecule has 1 aliphatic rings. The standard InChI is InChI=1S/C10H13ClN4O4S/c11-9-2-1-8(15(16)17)7-10(9)13-20(18,19)14-5-3-12-4-6-14/h1-2,7,12-13H,3-6H2. The molecular weight excluding hydrogens is 308 g/mol. The van der Waals surface area contributed by atoms with E-state index < -0.39 is 15.1 Å². The lowest BCUT2D eigenvalue weighted by Crippen LogP contribution is -2.48.